The molecule has 1 aliphatic heterocycles. The van der Waals surface area contributed by atoms with E-state index in [1.165, 1.54) is 17.9 Å². The van der Waals surface area contributed by atoms with E-state index in [1.807, 2.05) is 25.7 Å². The Bertz CT molecular complexity index is 1380. The highest BCUT2D eigenvalue weighted by atomic mass is 35.5. The van der Waals surface area contributed by atoms with Crippen molar-refractivity contribution in [2.75, 3.05) is 31.8 Å². The van der Waals surface area contributed by atoms with E-state index in [9.17, 15) is 14.0 Å². The number of rotatable bonds is 7. The average Bonchev–Trinajstić information content (AvgIpc) is 2.83. The Morgan fingerprint density at radius 2 is 1.95 bits per heavy atom. The van der Waals surface area contributed by atoms with E-state index in [4.69, 9.17) is 16.3 Å². The van der Waals surface area contributed by atoms with Crippen molar-refractivity contribution >= 4 is 34.1 Å². The standard InChI is InChI=1S/C27H31ClF2N4O3/c1-15-9-19(28)6-5-18(15)11-31-27(36)21-14-33(8-7-29)23-20(25(21)35)10-22(30)24(26(23)37-4)34-12-16(2)32-17(3)13-34/h5-6,9-10,14,16-17,32H,7-8,11-13H2,1-4H3,(H,31,36)/t16-,17+. The minimum atomic E-state index is -0.749. The summed E-state index contributed by atoms with van der Waals surface area (Å²) < 4.78 is 36.3. The van der Waals surface area contributed by atoms with Crippen LogP contribution in [0.1, 0.15) is 35.3 Å². The third kappa shape index (κ3) is 5.43. The van der Waals surface area contributed by atoms with Crippen LogP contribution in [-0.4, -0.2) is 49.4 Å². The Balaban J connectivity index is 1.80. The fourth-order valence-corrected chi connectivity index (χ4v) is 5.27. The number of amides is 1. The quantitative estimate of drug-likeness (QED) is 0.477. The number of fused-ring (bicyclic) bond motifs is 1. The maximum absolute atomic E-state index is 15.6. The van der Waals surface area contributed by atoms with Gasteiger partial charge in [0.1, 0.15) is 17.9 Å². The van der Waals surface area contributed by atoms with Gasteiger partial charge >= 0.3 is 0 Å². The number of nitrogens with one attached hydrogen (secondary N) is 2. The lowest BCUT2D eigenvalue weighted by Gasteiger charge is -2.38. The molecule has 0 bridgehead atoms. The molecule has 4 rings (SSSR count). The predicted octanol–water partition coefficient (Wildman–Crippen LogP) is 4.20. The van der Waals surface area contributed by atoms with Crippen molar-refractivity contribution in [1.29, 1.82) is 0 Å². The number of hydrogen-bond acceptors (Lipinski definition) is 5. The summed E-state index contributed by atoms with van der Waals surface area (Å²) in [5.74, 6) is -1.13. The molecule has 1 amide bonds. The van der Waals surface area contributed by atoms with Gasteiger partial charge in [0, 0.05) is 42.9 Å². The van der Waals surface area contributed by atoms with Crippen LogP contribution in [0.5, 0.6) is 5.75 Å². The van der Waals surface area contributed by atoms with Crippen molar-refractivity contribution in [1.82, 2.24) is 15.2 Å². The molecule has 2 N–H and O–H groups in total. The smallest absolute Gasteiger partial charge is 0.257 e. The number of aromatic nitrogens is 1. The SMILES string of the molecule is COc1c(N2C[C@@H](C)N[C@@H](C)C2)c(F)cc2c(=O)c(C(=O)NCc3ccc(Cl)cc3C)cn(CCF)c12. The molecule has 1 fully saturated rings. The number of pyridine rings is 1. The van der Waals surface area contributed by atoms with Gasteiger partial charge in [-0.05, 0) is 50.1 Å². The van der Waals surface area contributed by atoms with Crippen molar-refractivity contribution in [2.45, 2.75) is 45.9 Å². The first kappa shape index (κ1) is 26.9. The van der Waals surface area contributed by atoms with Crippen molar-refractivity contribution in [3.8, 4) is 5.75 Å². The van der Waals surface area contributed by atoms with Crippen molar-refractivity contribution in [3.05, 3.63) is 68.2 Å². The second kappa shape index (κ2) is 11.1. The molecule has 0 radical (unpaired) electrons. The van der Waals surface area contributed by atoms with Crippen molar-refractivity contribution < 1.29 is 18.3 Å². The lowest BCUT2D eigenvalue weighted by molar-refractivity contribution is 0.0949. The molecule has 2 aromatic carbocycles. The summed E-state index contributed by atoms with van der Waals surface area (Å²) in [5, 5.41) is 6.68. The number of anilines is 1. The minimum Gasteiger partial charge on any atom is -0.492 e. The molecule has 2 atom stereocenters. The van der Waals surface area contributed by atoms with E-state index in [0.29, 0.717) is 18.1 Å². The van der Waals surface area contributed by atoms with Gasteiger partial charge in [-0.25, -0.2) is 8.78 Å². The second-order valence-electron chi connectivity index (χ2n) is 9.52. The van der Waals surface area contributed by atoms with Crippen LogP contribution in [0.2, 0.25) is 5.02 Å². The molecule has 0 unspecified atom stereocenters. The predicted molar refractivity (Wildman–Crippen MR) is 142 cm³/mol. The van der Waals surface area contributed by atoms with Crippen LogP contribution in [-0.2, 0) is 13.1 Å². The first-order valence-electron chi connectivity index (χ1n) is 12.2. The topological polar surface area (TPSA) is 75.6 Å². The minimum absolute atomic E-state index is 0.0434. The summed E-state index contributed by atoms with van der Waals surface area (Å²) in [7, 11) is 1.39. The second-order valence-corrected chi connectivity index (χ2v) is 9.95. The number of carbonyl (C=O) groups excluding carboxylic acids is 1. The number of alkyl halides is 1. The van der Waals surface area contributed by atoms with Gasteiger partial charge in [0.15, 0.2) is 11.6 Å². The van der Waals surface area contributed by atoms with E-state index in [2.05, 4.69) is 10.6 Å². The first-order valence-corrected chi connectivity index (χ1v) is 12.6. The normalized spacial score (nSPS) is 17.8. The average molecular weight is 533 g/mol. The molecule has 37 heavy (non-hydrogen) atoms. The molecule has 0 saturated carbocycles. The highest BCUT2D eigenvalue weighted by Crippen LogP contribution is 2.39. The van der Waals surface area contributed by atoms with E-state index < -0.39 is 23.8 Å². The summed E-state index contributed by atoms with van der Waals surface area (Å²) >= 11 is 6.00. The van der Waals surface area contributed by atoms with Gasteiger partial charge in [0.25, 0.3) is 5.91 Å². The molecule has 2 heterocycles. The summed E-state index contributed by atoms with van der Waals surface area (Å²) in [6, 6.07) is 6.62. The van der Waals surface area contributed by atoms with Crippen molar-refractivity contribution in [3.63, 3.8) is 0 Å². The third-order valence-electron chi connectivity index (χ3n) is 6.64. The van der Waals surface area contributed by atoms with Gasteiger partial charge in [-0.1, -0.05) is 17.7 Å². The number of benzene rings is 2. The number of piperazine rings is 1. The molecule has 10 heteroatoms. The number of nitrogens with zero attached hydrogens (tertiary/aromatic N) is 2. The molecule has 0 aliphatic carbocycles. The zero-order valence-corrected chi connectivity index (χ0v) is 22.1. The molecule has 3 aromatic rings. The zero-order chi connectivity index (χ0) is 26.9. The molecule has 1 aromatic heterocycles. The lowest BCUT2D eigenvalue weighted by atomic mass is 10.1. The largest absolute Gasteiger partial charge is 0.492 e. The molecular formula is C27H31ClF2N4O3. The number of ether oxygens (including phenoxy) is 1. The van der Waals surface area contributed by atoms with Crippen LogP contribution in [0.25, 0.3) is 10.9 Å². The number of methoxy groups -OCH3 is 1. The molecule has 198 valence electrons. The molecular weight excluding hydrogens is 502 g/mol. The molecule has 0 spiro atoms. The van der Waals surface area contributed by atoms with Gasteiger partial charge in [-0.15, -0.1) is 0 Å². The first-order chi connectivity index (χ1) is 17.6. The molecule has 1 saturated heterocycles. The van der Waals surface area contributed by atoms with Crippen LogP contribution in [0, 0.1) is 12.7 Å². The summed E-state index contributed by atoms with van der Waals surface area (Å²) in [5.41, 5.74) is 1.34. The number of carbonyl (C=O) groups is 1. The van der Waals surface area contributed by atoms with Gasteiger partial charge in [-0.3, -0.25) is 9.59 Å². The van der Waals surface area contributed by atoms with Gasteiger partial charge in [0.05, 0.1) is 24.6 Å². The summed E-state index contributed by atoms with van der Waals surface area (Å²) in [4.78, 5) is 28.4. The van der Waals surface area contributed by atoms with Crippen LogP contribution in [0.3, 0.4) is 0 Å². The van der Waals surface area contributed by atoms with Crippen molar-refractivity contribution in [2.24, 2.45) is 0 Å². The molecule has 1 aliphatic rings. The van der Waals surface area contributed by atoms with Crippen LogP contribution < -0.4 is 25.7 Å². The maximum atomic E-state index is 15.6. The maximum Gasteiger partial charge on any atom is 0.257 e. The van der Waals surface area contributed by atoms with Crippen LogP contribution in [0.15, 0.2) is 35.3 Å². The Kier molecular flexibility index (Phi) is 8.04. The number of hydrogen-bond donors (Lipinski definition) is 2. The van der Waals surface area contributed by atoms with Gasteiger partial charge in [-0.2, -0.15) is 0 Å². The highest BCUT2D eigenvalue weighted by Gasteiger charge is 2.29. The molecule has 7 nitrogen and oxygen atoms in total. The lowest BCUT2D eigenvalue weighted by Crippen LogP contribution is -2.54. The zero-order valence-electron chi connectivity index (χ0n) is 21.3. The fourth-order valence-electron chi connectivity index (χ4n) is 5.04. The number of halogens is 3. The van der Waals surface area contributed by atoms with Crippen LogP contribution in [0.4, 0.5) is 14.5 Å². The van der Waals surface area contributed by atoms with E-state index in [0.717, 1.165) is 17.2 Å². The monoisotopic (exact) mass is 532 g/mol. The Labute approximate surface area is 219 Å². The Hall–Kier alpha value is -3.17. The van der Waals surface area contributed by atoms with Crippen LogP contribution >= 0.6 is 11.6 Å². The van der Waals surface area contributed by atoms with Gasteiger partial charge in [0.2, 0.25) is 5.43 Å². The Morgan fingerprint density at radius 3 is 2.57 bits per heavy atom. The Morgan fingerprint density at radius 1 is 1.24 bits per heavy atom. The fraction of sp³-hybridized carbons (Fsp3) is 0.407. The summed E-state index contributed by atoms with van der Waals surface area (Å²) in [6.07, 6.45) is 1.32. The van der Waals surface area contributed by atoms with E-state index >= 15 is 4.39 Å². The number of aryl methyl sites for hydroxylation is 2. The summed E-state index contributed by atoms with van der Waals surface area (Å²) in [6.45, 7) is 6.21. The third-order valence-corrected chi connectivity index (χ3v) is 6.87. The van der Waals surface area contributed by atoms with Gasteiger partial charge < -0.3 is 24.8 Å². The van der Waals surface area contributed by atoms with E-state index in [1.54, 1.807) is 18.2 Å². The van der Waals surface area contributed by atoms with E-state index in [-0.39, 0.29) is 53.1 Å². The highest BCUT2D eigenvalue weighted by molar-refractivity contribution is 6.30.